The van der Waals surface area contributed by atoms with Crippen LogP contribution in [0, 0.1) is 0 Å². The lowest BCUT2D eigenvalue weighted by Gasteiger charge is -2.37. The van der Waals surface area contributed by atoms with E-state index in [9.17, 15) is 4.79 Å². The quantitative estimate of drug-likeness (QED) is 0.914. The second-order valence-corrected chi connectivity index (χ2v) is 6.89. The van der Waals surface area contributed by atoms with Gasteiger partial charge in [0.2, 0.25) is 0 Å². The Morgan fingerprint density at radius 2 is 2.32 bits per heavy atom. The van der Waals surface area contributed by atoms with Gasteiger partial charge in [0.1, 0.15) is 10.7 Å². The number of carbonyl (C=O) groups is 1. The highest BCUT2D eigenvalue weighted by Crippen LogP contribution is 2.27. The molecular weight excluding hydrogens is 318 g/mol. The minimum absolute atomic E-state index is 0.0350. The van der Waals surface area contributed by atoms with Crippen LogP contribution in [0.25, 0.3) is 10.6 Å². The number of nitrogens with zero attached hydrogens (tertiary/aromatic N) is 2. The second kappa shape index (κ2) is 6.36. The number of halogens is 1. The Morgan fingerprint density at radius 3 is 3.09 bits per heavy atom. The average Bonchev–Trinajstić information content (AvgIpc) is 2.99. The van der Waals surface area contributed by atoms with E-state index in [1.807, 2.05) is 41.5 Å². The molecule has 4 nitrogen and oxygen atoms in total. The number of likely N-dealkylation sites (tertiary alicyclic amines) is 1. The summed E-state index contributed by atoms with van der Waals surface area (Å²) < 4.78 is 0. The molecule has 1 fully saturated rings. The van der Waals surface area contributed by atoms with Crippen molar-refractivity contribution in [3.05, 3.63) is 40.4 Å². The summed E-state index contributed by atoms with van der Waals surface area (Å²) in [5, 5.41) is 3.28. The summed E-state index contributed by atoms with van der Waals surface area (Å²) in [7, 11) is 0. The molecule has 1 aromatic heterocycles. The number of thiazole rings is 1. The van der Waals surface area contributed by atoms with Gasteiger partial charge in [0, 0.05) is 34.6 Å². The van der Waals surface area contributed by atoms with Crippen LogP contribution in [0.15, 0.2) is 29.6 Å². The Bertz CT molecular complexity index is 688. The van der Waals surface area contributed by atoms with Crippen LogP contribution in [0.5, 0.6) is 0 Å². The van der Waals surface area contributed by atoms with Crippen molar-refractivity contribution in [1.82, 2.24) is 9.88 Å². The van der Waals surface area contributed by atoms with Crippen molar-refractivity contribution < 1.29 is 4.79 Å². The van der Waals surface area contributed by atoms with Crippen LogP contribution < -0.4 is 5.73 Å². The molecule has 2 atom stereocenters. The molecule has 116 valence electrons. The van der Waals surface area contributed by atoms with Gasteiger partial charge in [-0.25, -0.2) is 4.98 Å². The van der Waals surface area contributed by atoms with E-state index in [-0.39, 0.29) is 18.0 Å². The van der Waals surface area contributed by atoms with Crippen molar-refractivity contribution >= 4 is 28.8 Å². The molecule has 0 radical (unpaired) electrons. The molecule has 0 saturated carbocycles. The molecule has 2 N–H and O–H groups in total. The van der Waals surface area contributed by atoms with Crippen molar-refractivity contribution in [1.29, 1.82) is 0 Å². The van der Waals surface area contributed by atoms with Gasteiger partial charge >= 0.3 is 0 Å². The standard InChI is InChI=1S/C16H18ClN3OS/c1-10-13(18)6-3-7-20(10)16(21)14-9-22-15(19-14)11-4-2-5-12(17)8-11/h2,4-5,8-10,13H,3,6-7,18H2,1H3/t10-,13-/m1/s1. The zero-order chi connectivity index (χ0) is 15.7. The minimum Gasteiger partial charge on any atom is -0.333 e. The molecular formula is C16H18ClN3OS. The van der Waals surface area contributed by atoms with Gasteiger partial charge in [-0.2, -0.15) is 0 Å². The molecule has 1 saturated heterocycles. The predicted octanol–water partition coefficient (Wildman–Crippen LogP) is 3.42. The fourth-order valence-electron chi connectivity index (χ4n) is 2.73. The molecule has 1 aliphatic heterocycles. The topological polar surface area (TPSA) is 59.2 Å². The molecule has 1 amide bonds. The first kappa shape index (κ1) is 15.5. The van der Waals surface area contributed by atoms with Gasteiger partial charge in [-0.1, -0.05) is 23.7 Å². The molecule has 1 aliphatic rings. The van der Waals surface area contributed by atoms with Crippen LogP contribution in [0.1, 0.15) is 30.3 Å². The van der Waals surface area contributed by atoms with Gasteiger partial charge in [-0.15, -0.1) is 11.3 Å². The SMILES string of the molecule is C[C@@H]1[C@H](N)CCCN1C(=O)c1csc(-c2cccc(Cl)c2)n1. The third-order valence-corrected chi connectivity index (χ3v) is 5.23. The van der Waals surface area contributed by atoms with Crippen LogP contribution in [0.3, 0.4) is 0 Å². The van der Waals surface area contributed by atoms with Crippen LogP contribution in [0.4, 0.5) is 0 Å². The maximum Gasteiger partial charge on any atom is 0.273 e. The fraction of sp³-hybridized carbons (Fsp3) is 0.375. The molecule has 22 heavy (non-hydrogen) atoms. The summed E-state index contributed by atoms with van der Waals surface area (Å²) in [6.07, 6.45) is 1.91. The molecule has 0 aliphatic carbocycles. The lowest BCUT2D eigenvalue weighted by molar-refractivity contribution is 0.0600. The molecule has 3 rings (SSSR count). The highest BCUT2D eigenvalue weighted by atomic mass is 35.5. The smallest absolute Gasteiger partial charge is 0.273 e. The van der Waals surface area contributed by atoms with Gasteiger partial charge < -0.3 is 10.6 Å². The molecule has 1 aromatic carbocycles. The van der Waals surface area contributed by atoms with Gasteiger partial charge in [0.25, 0.3) is 5.91 Å². The second-order valence-electron chi connectivity index (χ2n) is 5.59. The third-order valence-electron chi connectivity index (χ3n) is 4.10. The van der Waals surface area contributed by atoms with E-state index in [0.717, 1.165) is 30.0 Å². The average molecular weight is 336 g/mol. The van der Waals surface area contributed by atoms with E-state index in [4.69, 9.17) is 17.3 Å². The van der Waals surface area contributed by atoms with Gasteiger partial charge in [-0.3, -0.25) is 4.79 Å². The number of amides is 1. The summed E-state index contributed by atoms with van der Waals surface area (Å²) in [5.74, 6) is -0.0350. The lowest BCUT2D eigenvalue weighted by Crippen LogP contribution is -2.52. The summed E-state index contributed by atoms with van der Waals surface area (Å²) in [6, 6.07) is 7.60. The highest BCUT2D eigenvalue weighted by Gasteiger charge is 2.30. The Hall–Kier alpha value is -1.43. The predicted molar refractivity (Wildman–Crippen MR) is 90.3 cm³/mol. The molecule has 0 unspecified atom stereocenters. The van der Waals surface area contributed by atoms with E-state index < -0.39 is 0 Å². The lowest BCUT2D eigenvalue weighted by atomic mass is 9.98. The van der Waals surface area contributed by atoms with Crippen molar-refractivity contribution in [2.45, 2.75) is 31.8 Å². The number of benzene rings is 1. The Kier molecular flexibility index (Phi) is 4.47. The fourth-order valence-corrected chi connectivity index (χ4v) is 3.71. The largest absolute Gasteiger partial charge is 0.333 e. The monoisotopic (exact) mass is 335 g/mol. The summed E-state index contributed by atoms with van der Waals surface area (Å²) >= 11 is 7.47. The zero-order valence-electron chi connectivity index (χ0n) is 12.3. The summed E-state index contributed by atoms with van der Waals surface area (Å²) in [4.78, 5) is 19.0. The molecule has 2 aromatic rings. The van der Waals surface area contributed by atoms with Crippen LogP contribution in [-0.4, -0.2) is 34.4 Å². The molecule has 0 spiro atoms. The van der Waals surface area contributed by atoms with Gasteiger partial charge in [0.05, 0.1) is 0 Å². The van der Waals surface area contributed by atoms with Crippen LogP contribution in [-0.2, 0) is 0 Å². The number of piperidine rings is 1. The Morgan fingerprint density at radius 1 is 1.50 bits per heavy atom. The first-order valence-corrected chi connectivity index (χ1v) is 8.60. The molecule has 2 heterocycles. The summed E-state index contributed by atoms with van der Waals surface area (Å²) in [6.45, 7) is 2.75. The normalized spacial score (nSPS) is 21.9. The third kappa shape index (κ3) is 3.02. The van der Waals surface area contributed by atoms with Crippen LogP contribution in [0.2, 0.25) is 5.02 Å². The van der Waals surface area contributed by atoms with E-state index >= 15 is 0 Å². The maximum absolute atomic E-state index is 12.7. The first-order valence-electron chi connectivity index (χ1n) is 7.34. The van der Waals surface area contributed by atoms with E-state index in [1.54, 1.807) is 0 Å². The van der Waals surface area contributed by atoms with Crippen molar-refractivity contribution in [3.63, 3.8) is 0 Å². The first-order chi connectivity index (χ1) is 10.6. The maximum atomic E-state index is 12.7. The van der Waals surface area contributed by atoms with Crippen molar-refractivity contribution in [2.75, 3.05) is 6.54 Å². The minimum atomic E-state index is -0.0350. The van der Waals surface area contributed by atoms with Crippen molar-refractivity contribution in [3.8, 4) is 10.6 Å². The number of hydrogen-bond donors (Lipinski definition) is 1. The van der Waals surface area contributed by atoms with E-state index in [1.165, 1.54) is 11.3 Å². The van der Waals surface area contributed by atoms with Crippen LogP contribution >= 0.6 is 22.9 Å². The number of nitrogens with two attached hydrogens (primary N) is 1. The van der Waals surface area contributed by atoms with Gasteiger partial charge in [0.15, 0.2) is 0 Å². The summed E-state index contributed by atoms with van der Waals surface area (Å²) in [5.41, 5.74) is 7.49. The number of hydrogen-bond acceptors (Lipinski definition) is 4. The Labute approximate surface area is 138 Å². The number of rotatable bonds is 2. The number of aromatic nitrogens is 1. The van der Waals surface area contributed by atoms with E-state index in [2.05, 4.69) is 4.98 Å². The van der Waals surface area contributed by atoms with Crippen molar-refractivity contribution in [2.24, 2.45) is 5.73 Å². The molecule has 0 bridgehead atoms. The zero-order valence-corrected chi connectivity index (χ0v) is 13.9. The Balaban J connectivity index is 1.83. The number of carbonyl (C=O) groups excluding carboxylic acids is 1. The van der Waals surface area contributed by atoms with E-state index in [0.29, 0.717) is 10.7 Å². The highest BCUT2D eigenvalue weighted by molar-refractivity contribution is 7.13. The van der Waals surface area contributed by atoms with Gasteiger partial charge in [-0.05, 0) is 31.9 Å². The molecule has 6 heteroatoms.